The summed E-state index contributed by atoms with van der Waals surface area (Å²) >= 11 is 14.6. The normalized spacial score (nSPS) is 23.8. The number of unbranched alkanes of at least 4 members (excludes halogenated alkanes) is 1. The van der Waals surface area contributed by atoms with E-state index in [1.807, 2.05) is 24.3 Å². The number of piperazine rings is 2. The van der Waals surface area contributed by atoms with E-state index in [-0.39, 0.29) is 47.3 Å². The van der Waals surface area contributed by atoms with Crippen LogP contribution in [0, 0.1) is 22.7 Å². The van der Waals surface area contributed by atoms with E-state index in [1.165, 1.54) is 0 Å². The zero-order valence-corrected chi connectivity index (χ0v) is 54.6. The summed E-state index contributed by atoms with van der Waals surface area (Å²) in [6, 6.07) is 27.1. The molecule has 486 valence electrons. The Morgan fingerprint density at radius 1 is 0.622 bits per heavy atom. The summed E-state index contributed by atoms with van der Waals surface area (Å²) < 4.78 is 58.5. The Labute approximate surface area is 544 Å². The molecule has 4 aromatic rings. The van der Waals surface area contributed by atoms with E-state index in [0.717, 1.165) is 111 Å². The van der Waals surface area contributed by atoms with Crippen molar-refractivity contribution in [2.45, 2.75) is 111 Å². The average Bonchev–Trinajstić information content (AvgIpc) is 1.71. The molecular weight excluding hydrogens is 1230 g/mol. The zero-order chi connectivity index (χ0) is 63.0. The Kier molecular flexibility index (Phi) is 24.6. The molecule has 0 aromatic heterocycles. The highest BCUT2D eigenvalue weighted by atomic mass is 35.5. The number of halogens is 2. The number of carbonyl (C=O) groups excluding carboxylic acids is 2. The van der Waals surface area contributed by atoms with Crippen molar-refractivity contribution in [2.24, 2.45) is 0 Å². The topological polar surface area (TPSA) is 262 Å². The van der Waals surface area contributed by atoms with E-state index in [2.05, 4.69) is 99.1 Å². The Bertz CT molecular complexity index is 3250. The van der Waals surface area contributed by atoms with Gasteiger partial charge >= 0.3 is 12.1 Å². The van der Waals surface area contributed by atoms with Gasteiger partial charge in [-0.05, 0) is 172 Å². The Morgan fingerprint density at radius 3 is 1.58 bits per heavy atom. The van der Waals surface area contributed by atoms with Crippen molar-refractivity contribution < 1.29 is 37.0 Å². The van der Waals surface area contributed by atoms with E-state index in [0.29, 0.717) is 136 Å². The van der Waals surface area contributed by atoms with E-state index in [9.17, 15) is 28.5 Å². The minimum Gasteiger partial charge on any atom is -0.484 e. The SMILES string of the molecule is C[C@H]1CN([C@H]2Cc3c(C#N)cc(Cl)cc3[C@@H]2Oc2ccc(SN[C@@H]3CCN(CCOCCNC(=O)NCCCCNC(=O)NCCOCCN4CC[C@@H](NS(=O)(=O)c5ccc(O[C@H]6c7cc(Cl)cc(C#N)c7C[C@@H]6N6CCN[C@@H](C)C6)cc5)C4)C3)cc2)CCN1. The minimum absolute atomic E-state index is 0.00364. The molecule has 2 aliphatic carbocycles. The monoisotopic (exact) mass is 1310 g/mol. The quantitative estimate of drug-likeness (QED) is 0.0245. The Hall–Kier alpha value is -5.52. The van der Waals surface area contributed by atoms with Gasteiger partial charge in [0.05, 0.1) is 66.7 Å². The minimum atomic E-state index is -3.80. The predicted octanol–water partition coefficient (Wildman–Crippen LogP) is 5.55. The number of hydrogen-bond acceptors (Lipinski definition) is 18. The number of urea groups is 2. The number of benzene rings is 4. The molecule has 26 heteroatoms. The molecule has 0 spiro atoms. The van der Waals surface area contributed by atoms with Crippen molar-refractivity contribution in [3.05, 3.63) is 116 Å². The number of nitriles is 2. The first-order chi connectivity index (χ1) is 43.7. The molecule has 6 aliphatic rings. The molecule has 4 fully saturated rings. The van der Waals surface area contributed by atoms with Crippen molar-refractivity contribution in [1.29, 1.82) is 10.5 Å². The van der Waals surface area contributed by atoms with Crippen LogP contribution in [0.3, 0.4) is 0 Å². The molecule has 4 aliphatic heterocycles. The molecular formula is C64H86Cl2N14O8S2. The number of rotatable bonds is 29. The number of amides is 4. The van der Waals surface area contributed by atoms with Crippen LogP contribution in [0.25, 0.3) is 0 Å². The van der Waals surface area contributed by atoms with Gasteiger partial charge in [-0.15, -0.1) is 0 Å². The van der Waals surface area contributed by atoms with Gasteiger partial charge in [-0.25, -0.2) is 22.7 Å². The van der Waals surface area contributed by atoms with Crippen LogP contribution in [-0.2, 0) is 32.3 Å². The van der Waals surface area contributed by atoms with Crippen molar-refractivity contribution in [3.8, 4) is 23.6 Å². The molecule has 0 unspecified atom stereocenters. The van der Waals surface area contributed by atoms with Crippen molar-refractivity contribution in [1.82, 2.24) is 60.9 Å². The van der Waals surface area contributed by atoms with Crippen LogP contribution < -0.4 is 50.8 Å². The second kappa shape index (κ2) is 32.9. The van der Waals surface area contributed by atoms with Crippen LogP contribution >= 0.6 is 35.1 Å². The molecule has 0 bridgehead atoms. The summed E-state index contributed by atoms with van der Waals surface area (Å²) in [7, 11) is -3.80. The maximum Gasteiger partial charge on any atom is 0.314 e. The molecule has 8 N–H and O–H groups in total. The molecule has 4 amide bonds. The Morgan fingerprint density at radius 2 is 1.09 bits per heavy atom. The first-order valence-electron chi connectivity index (χ1n) is 31.7. The number of ether oxygens (including phenoxy) is 4. The summed E-state index contributed by atoms with van der Waals surface area (Å²) in [6.45, 7) is 17.8. The van der Waals surface area contributed by atoms with Gasteiger partial charge < -0.3 is 50.8 Å². The third-order valence-electron chi connectivity index (χ3n) is 17.7. The van der Waals surface area contributed by atoms with Crippen LogP contribution in [0.5, 0.6) is 11.5 Å². The van der Waals surface area contributed by atoms with Gasteiger partial charge in [0, 0.05) is 131 Å². The summed E-state index contributed by atoms with van der Waals surface area (Å²) in [4.78, 5) is 35.3. The number of carbonyl (C=O) groups is 2. The molecule has 0 radical (unpaired) electrons. The molecule has 4 heterocycles. The smallest absolute Gasteiger partial charge is 0.314 e. The molecule has 4 aromatic carbocycles. The number of fused-ring (bicyclic) bond motifs is 2. The molecule has 4 saturated heterocycles. The summed E-state index contributed by atoms with van der Waals surface area (Å²) in [5, 5.41) is 39.2. The van der Waals surface area contributed by atoms with Crippen LogP contribution in [0.2, 0.25) is 10.0 Å². The average molecular weight is 1310 g/mol. The maximum absolute atomic E-state index is 13.5. The number of nitrogens with one attached hydrogen (secondary N) is 8. The number of nitrogens with zero attached hydrogens (tertiary/aromatic N) is 6. The highest BCUT2D eigenvalue weighted by molar-refractivity contribution is 7.97. The van der Waals surface area contributed by atoms with Gasteiger partial charge in [0.25, 0.3) is 0 Å². The molecule has 22 nitrogen and oxygen atoms in total. The number of hydrogen-bond donors (Lipinski definition) is 8. The lowest BCUT2D eigenvalue weighted by Gasteiger charge is -2.38. The number of likely N-dealkylation sites (tertiary alicyclic amines) is 2. The van der Waals surface area contributed by atoms with E-state index in [1.54, 1.807) is 48.3 Å². The fraction of sp³-hybridized carbons (Fsp3) is 0.562. The Balaban J connectivity index is 0.515. The van der Waals surface area contributed by atoms with Gasteiger partial charge in [0.2, 0.25) is 10.0 Å². The first kappa shape index (κ1) is 67.4. The van der Waals surface area contributed by atoms with Crippen molar-refractivity contribution in [3.63, 3.8) is 0 Å². The summed E-state index contributed by atoms with van der Waals surface area (Å²) in [5.74, 6) is 1.32. The fourth-order valence-corrected chi connectivity index (χ4v) is 15.6. The summed E-state index contributed by atoms with van der Waals surface area (Å²) in [5.41, 5.74) is 5.06. The largest absolute Gasteiger partial charge is 0.484 e. The first-order valence-corrected chi connectivity index (χ1v) is 34.8. The van der Waals surface area contributed by atoms with Crippen molar-refractivity contribution >= 4 is 57.2 Å². The van der Waals surface area contributed by atoms with Crippen LogP contribution in [-0.4, -0.2) is 207 Å². The third kappa shape index (κ3) is 18.6. The molecule has 10 rings (SSSR count). The van der Waals surface area contributed by atoms with Gasteiger partial charge in [-0.1, -0.05) is 23.2 Å². The summed E-state index contributed by atoms with van der Waals surface area (Å²) in [6.07, 6.45) is 3.92. The lowest BCUT2D eigenvalue weighted by molar-refractivity contribution is 0.0594. The fourth-order valence-electron chi connectivity index (χ4n) is 13.1. The van der Waals surface area contributed by atoms with Gasteiger partial charge in [0.15, 0.2) is 0 Å². The lowest BCUT2D eigenvalue weighted by Crippen LogP contribution is -2.54. The lowest BCUT2D eigenvalue weighted by atomic mass is 10.0. The molecule has 90 heavy (non-hydrogen) atoms. The van der Waals surface area contributed by atoms with E-state index >= 15 is 0 Å². The van der Waals surface area contributed by atoms with Crippen LogP contribution in [0.15, 0.2) is 82.6 Å². The van der Waals surface area contributed by atoms with E-state index in [4.69, 9.17) is 42.1 Å². The van der Waals surface area contributed by atoms with Gasteiger partial charge in [0.1, 0.15) is 23.7 Å². The highest BCUT2D eigenvalue weighted by Gasteiger charge is 2.43. The maximum atomic E-state index is 13.5. The predicted molar refractivity (Wildman–Crippen MR) is 348 cm³/mol. The van der Waals surface area contributed by atoms with Crippen molar-refractivity contribution in [2.75, 3.05) is 131 Å². The second-order valence-electron chi connectivity index (χ2n) is 24.2. The van der Waals surface area contributed by atoms with Crippen LogP contribution in [0.4, 0.5) is 9.59 Å². The standard InChI is InChI=1S/C64H86Cl2N14O8S2/c1-43-39-79(23-17-69-43)59-35-55-45(37-67)31-47(65)33-57(55)61(59)87-51-5-9-53(10-6-51)89-75-49-13-21-77(41-49)25-29-85-27-19-73-63(81)71-15-3-4-16-72-64(82)74-20-28-86-30-26-78-22-14-50(42-78)76-90(83,84)54-11-7-52(8-12-54)88-62-58-34-48(66)32-46(38-68)56(58)36-60(62)80-24-18-70-44(2)40-80/h5-12,31-34,43-44,49-50,59-62,69-70,75-76H,3-4,13-30,35-36,39-42H2,1-2H3,(H2,71,73,81)(H2,72,74,82)/t43-,44-,49+,50+,59-,60-,61-,62-/m0/s1. The highest BCUT2D eigenvalue weighted by Crippen LogP contribution is 2.43. The zero-order valence-electron chi connectivity index (χ0n) is 51.5. The van der Waals surface area contributed by atoms with Gasteiger partial charge in [-0.2, -0.15) is 10.5 Å². The molecule has 0 saturated carbocycles. The van der Waals surface area contributed by atoms with E-state index < -0.39 is 10.0 Å². The second-order valence-corrected chi connectivity index (χ2v) is 27.7. The molecule has 8 atom stereocenters. The van der Waals surface area contributed by atoms with Gasteiger partial charge in [-0.3, -0.25) is 24.3 Å². The third-order valence-corrected chi connectivity index (χ3v) is 20.6. The number of sulfonamides is 1. The van der Waals surface area contributed by atoms with Crippen LogP contribution in [0.1, 0.15) is 85.1 Å².